The number of likely N-dealkylation sites (tertiary alicyclic amines) is 1. The van der Waals surface area contributed by atoms with Crippen LogP contribution in [0.25, 0.3) is 0 Å². The van der Waals surface area contributed by atoms with Crippen LogP contribution in [0.3, 0.4) is 0 Å². The number of nitrogens with one attached hydrogen (secondary N) is 1. The lowest BCUT2D eigenvalue weighted by molar-refractivity contribution is 0.0921. The van der Waals surface area contributed by atoms with E-state index in [0.29, 0.717) is 18.1 Å². The summed E-state index contributed by atoms with van der Waals surface area (Å²) >= 11 is 0. The Kier molecular flexibility index (Phi) is 7.73. The minimum atomic E-state index is -0.266. The minimum absolute atomic E-state index is 0.0818. The molecular weight excluding hydrogens is 330 g/mol. The molecule has 0 aliphatic carbocycles. The van der Waals surface area contributed by atoms with E-state index in [-0.39, 0.29) is 18.6 Å². The number of ether oxygens (including phenoxy) is 1. The molecule has 2 N–H and O–H groups in total. The van der Waals surface area contributed by atoms with E-state index in [1.54, 1.807) is 13.0 Å². The molecular formula is C20H29N3O3. The van der Waals surface area contributed by atoms with Gasteiger partial charge in [-0.05, 0) is 69.2 Å². The van der Waals surface area contributed by atoms with Crippen molar-refractivity contribution in [1.82, 2.24) is 10.2 Å². The number of carbonyl (C=O) groups excluding carboxylic acids is 1. The number of benzene rings is 1. The second kappa shape index (κ2) is 10.0. The van der Waals surface area contributed by atoms with Crippen molar-refractivity contribution >= 4 is 5.91 Å². The standard InChI is InChI=1S/C20H29N3O3/c1-15-12-18(5-6-19(15)20(25)22-16(2)13-24)26-11-3-4-17-7-9-23(14-21)10-8-17/h5-6,12,16-17,24H,3-4,7-11,13H2,1-2H3,(H,22,25)/t16-/m1/s1. The number of aryl methyl sites for hydroxylation is 1. The topological polar surface area (TPSA) is 85.6 Å². The zero-order valence-electron chi connectivity index (χ0n) is 15.7. The van der Waals surface area contributed by atoms with Gasteiger partial charge in [-0.1, -0.05) is 0 Å². The van der Waals surface area contributed by atoms with Gasteiger partial charge in [0.25, 0.3) is 5.91 Å². The lowest BCUT2D eigenvalue weighted by Gasteiger charge is -2.27. The van der Waals surface area contributed by atoms with Gasteiger partial charge in [0, 0.05) is 24.7 Å². The number of nitriles is 1. The van der Waals surface area contributed by atoms with Crippen molar-refractivity contribution < 1.29 is 14.6 Å². The number of aliphatic hydroxyl groups is 1. The molecule has 0 spiro atoms. The van der Waals surface area contributed by atoms with Crippen LogP contribution in [-0.4, -0.2) is 48.3 Å². The van der Waals surface area contributed by atoms with Crippen LogP contribution >= 0.6 is 0 Å². The predicted octanol–water partition coefficient (Wildman–Crippen LogP) is 2.46. The van der Waals surface area contributed by atoms with Gasteiger partial charge in [0.15, 0.2) is 6.19 Å². The Hall–Kier alpha value is -2.26. The van der Waals surface area contributed by atoms with Crippen LogP contribution in [0.5, 0.6) is 5.75 Å². The third-order valence-electron chi connectivity index (χ3n) is 4.88. The van der Waals surface area contributed by atoms with Gasteiger partial charge in [0.2, 0.25) is 0 Å². The van der Waals surface area contributed by atoms with Gasteiger partial charge in [0.1, 0.15) is 5.75 Å². The molecule has 6 nitrogen and oxygen atoms in total. The number of hydrogen-bond donors (Lipinski definition) is 2. The quantitative estimate of drug-likeness (QED) is 0.550. The first-order valence-corrected chi connectivity index (χ1v) is 9.33. The normalized spacial score (nSPS) is 16.0. The molecule has 0 radical (unpaired) electrons. The van der Waals surface area contributed by atoms with Crippen molar-refractivity contribution in [3.63, 3.8) is 0 Å². The Morgan fingerprint density at radius 1 is 1.46 bits per heavy atom. The summed E-state index contributed by atoms with van der Waals surface area (Å²) < 4.78 is 5.82. The molecule has 1 amide bonds. The Morgan fingerprint density at radius 2 is 2.19 bits per heavy atom. The van der Waals surface area contributed by atoms with Gasteiger partial charge >= 0.3 is 0 Å². The molecule has 0 aromatic heterocycles. The molecule has 1 saturated heterocycles. The molecule has 1 heterocycles. The van der Waals surface area contributed by atoms with Gasteiger partial charge in [-0.3, -0.25) is 4.79 Å². The van der Waals surface area contributed by atoms with Crippen LogP contribution in [0, 0.1) is 24.3 Å². The van der Waals surface area contributed by atoms with E-state index in [2.05, 4.69) is 11.5 Å². The molecule has 6 heteroatoms. The van der Waals surface area contributed by atoms with Crippen molar-refractivity contribution in [2.24, 2.45) is 5.92 Å². The van der Waals surface area contributed by atoms with Crippen molar-refractivity contribution in [3.05, 3.63) is 29.3 Å². The van der Waals surface area contributed by atoms with E-state index in [4.69, 9.17) is 15.1 Å². The Morgan fingerprint density at radius 3 is 2.81 bits per heavy atom. The van der Waals surface area contributed by atoms with Gasteiger partial charge in [-0.15, -0.1) is 0 Å². The molecule has 0 saturated carbocycles. The molecule has 1 atom stereocenters. The number of aliphatic hydroxyl groups excluding tert-OH is 1. The second-order valence-electron chi connectivity index (χ2n) is 7.05. The van der Waals surface area contributed by atoms with Crippen LogP contribution in [0.1, 0.15) is 48.5 Å². The first-order valence-electron chi connectivity index (χ1n) is 9.33. The first-order chi connectivity index (χ1) is 12.5. The number of nitrogens with zero attached hydrogens (tertiary/aromatic N) is 2. The second-order valence-corrected chi connectivity index (χ2v) is 7.05. The first kappa shape index (κ1) is 20.1. The summed E-state index contributed by atoms with van der Waals surface area (Å²) in [5.41, 5.74) is 1.45. The minimum Gasteiger partial charge on any atom is -0.494 e. The maximum absolute atomic E-state index is 12.1. The van der Waals surface area contributed by atoms with E-state index < -0.39 is 0 Å². The number of piperidine rings is 1. The molecule has 1 aromatic carbocycles. The van der Waals surface area contributed by atoms with Crippen LogP contribution in [0.15, 0.2) is 18.2 Å². The van der Waals surface area contributed by atoms with Crippen LogP contribution in [0.2, 0.25) is 0 Å². The fourth-order valence-corrected chi connectivity index (χ4v) is 3.21. The summed E-state index contributed by atoms with van der Waals surface area (Å²) in [6.07, 6.45) is 6.50. The summed E-state index contributed by atoms with van der Waals surface area (Å²) in [5, 5.41) is 20.7. The third kappa shape index (κ3) is 5.92. The average Bonchev–Trinajstić information content (AvgIpc) is 2.65. The van der Waals surface area contributed by atoms with Crippen molar-refractivity contribution in [2.75, 3.05) is 26.3 Å². The highest BCUT2D eigenvalue weighted by Crippen LogP contribution is 2.22. The highest BCUT2D eigenvalue weighted by molar-refractivity contribution is 5.95. The number of rotatable bonds is 8. The number of hydrogen-bond acceptors (Lipinski definition) is 5. The Balaban J connectivity index is 1.74. The SMILES string of the molecule is Cc1cc(OCCCC2CCN(C#N)CC2)ccc1C(=O)N[C@H](C)CO. The van der Waals surface area contributed by atoms with Gasteiger partial charge < -0.3 is 20.1 Å². The smallest absolute Gasteiger partial charge is 0.251 e. The summed E-state index contributed by atoms with van der Waals surface area (Å²) in [7, 11) is 0. The Bertz CT molecular complexity index is 634. The molecule has 1 aliphatic heterocycles. The molecule has 0 bridgehead atoms. The predicted molar refractivity (Wildman–Crippen MR) is 99.8 cm³/mol. The highest BCUT2D eigenvalue weighted by Gasteiger charge is 2.17. The molecule has 1 aliphatic rings. The highest BCUT2D eigenvalue weighted by atomic mass is 16.5. The maximum Gasteiger partial charge on any atom is 0.251 e. The van der Waals surface area contributed by atoms with Crippen molar-refractivity contribution in [3.8, 4) is 11.9 Å². The summed E-state index contributed by atoms with van der Waals surface area (Å²) in [5.74, 6) is 1.28. The monoisotopic (exact) mass is 359 g/mol. The van der Waals surface area contributed by atoms with Crippen molar-refractivity contribution in [1.29, 1.82) is 5.26 Å². The summed E-state index contributed by atoms with van der Waals surface area (Å²) in [6.45, 7) is 5.97. The van der Waals surface area contributed by atoms with E-state index in [0.717, 1.165) is 50.1 Å². The molecule has 142 valence electrons. The van der Waals surface area contributed by atoms with E-state index >= 15 is 0 Å². The van der Waals surface area contributed by atoms with E-state index in [1.807, 2.05) is 24.0 Å². The molecule has 1 aromatic rings. The third-order valence-corrected chi connectivity index (χ3v) is 4.88. The number of amides is 1. The fourth-order valence-electron chi connectivity index (χ4n) is 3.21. The van der Waals surface area contributed by atoms with Gasteiger partial charge in [-0.2, -0.15) is 5.26 Å². The van der Waals surface area contributed by atoms with Gasteiger partial charge in [-0.25, -0.2) is 0 Å². The number of carbonyl (C=O) groups is 1. The molecule has 2 rings (SSSR count). The van der Waals surface area contributed by atoms with Gasteiger partial charge in [0.05, 0.1) is 13.2 Å². The molecule has 0 unspecified atom stereocenters. The summed E-state index contributed by atoms with van der Waals surface area (Å²) in [4.78, 5) is 14.0. The maximum atomic E-state index is 12.1. The van der Waals surface area contributed by atoms with E-state index in [1.165, 1.54) is 0 Å². The largest absolute Gasteiger partial charge is 0.494 e. The fraction of sp³-hybridized carbons (Fsp3) is 0.600. The lowest BCUT2D eigenvalue weighted by Crippen LogP contribution is -2.35. The zero-order valence-corrected chi connectivity index (χ0v) is 15.7. The Labute approximate surface area is 155 Å². The average molecular weight is 359 g/mol. The van der Waals surface area contributed by atoms with Crippen LogP contribution < -0.4 is 10.1 Å². The summed E-state index contributed by atoms with van der Waals surface area (Å²) in [6, 6.07) is 5.20. The van der Waals surface area contributed by atoms with Crippen LogP contribution in [-0.2, 0) is 0 Å². The molecule has 1 fully saturated rings. The zero-order chi connectivity index (χ0) is 18.9. The molecule has 26 heavy (non-hydrogen) atoms. The lowest BCUT2D eigenvalue weighted by atomic mass is 9.92. The van der Waals surface area contributed by atoms with E-state index in [9.17, 15) is 4.79 Å². The van der Waals surface area contributed by atoms with Crippen LogP contribution in [0.4, 0.5) is 0 Å². The van der Waals surface area contributed by atoms with Crippen molar-refractivity contribution in [2.45, 2.75) is 45.6 Å².